The summed E-state index contributed by atoms with van der Waals surface area (Å²) in [6.07, 6.45) is 8.13. The Balaban J connectivity index is 1.87. The number of phenols is 2. The summed E-state index contributed by atoms with van der Waals surface area (Å²) >= 11 is 0. The van der Waals surface area contributed by atoms with Crippen LogP contribution in [-0.2, 0) is 10.8 Å². The summed E-state index contributed by atoms with van der Waals surface area (Å²) in [7, 11) is 0. The minimum atomic E-state index is -0.0101. The van der Waals surface area contributed by atoms with Crippen LogP contribution in [0.1, 0.15) is 70.4 Å². The van der Waals surface area contributed by atoms with Gasteiger partial charge in [-0.15, -0.1) is 0 Å². The molecule has 22 heavy (non-hydrogen) atoms. The number of rotatable bonds is 1. The molecular weight excluding hydrogens is 272 g/mol. The lowest BCUT2D eigenvalue weighted by Crippen LogP contribution is -2.49. The van der Waals surface area contributed by atoms with Gasteiger partial charge in [0, 0.05) is 0 Å². The van der Waals surface area contributed by atoms with Gasteiger partial charge in [-0.25, -0.2) is 0 Å². The first-order valence-corrected chi connectivity index (χ1v) is 8.84. The molecule has 0 aromatic heterocycles. The third-order valence-electron chi connectivity index (χ3n) is 6.53. The molecule has 0 atom stereocenters. The Morgan fingerprint density at radius 3 is 1.77 bits per heavy atom. The Kier molecular flexibility index (Phi) is 2.90. The standard InChI is InChI=1S/C20H28O2/c1-19(2,3)15-7-17(21)18(22)8-16(15)20-9-12-4-13(10-20)6-14(5-12)11-20/h7-8,12-14,21-22H,4-6,9-11H2,1-3H3. The second-order valence-corrected chi connectivity index (χ2v) is 9.33. The second kappa shape index (κ2) is 4.43. The first kappa shape index (κ1) is 14.4. The Morgan fingerprint density at radius 1 is 0.864 bits per heavy atom. The molecule has 0 radical (unpaired) electrons. The number of phenolic OH excluding ortho intramolecular Hbond substituents is 2. The van der Waals surface area contributed by atoms with Gasteiger partial charge in [0.1, 0.15) is 0 Å². The van der Waals surface area contributed by atoms with Crippen LogP contribution in [0.25, 0.3) is 0 Å². The van der Waals surface area contributed by atoms with E-state index in [0.717, 1.165) is 17.8 Å². The van der Waals surface area contributed by atoms with Crippen molar-refractivity contribution < 1.29 is 10.2 Å². The molecule has 0 aliphatic heterocycles. The Bertz CT molecular complexity index is 574. The number of aromatic hydroxyl groups is 2. The molecule has 5 rings (SSSR count). The first-order chi connectivity index (χ1) is 10.3. The third kappa shape index (κ3) is 2.06. The van der Waals surface area contributed by atoms with Crippen molar-refractivity contribution in [2.24, 2.45) is 17.8 Å². The van der Waals surface area contributed by atoms with Gasteiger partial charge < -0.3 is 10.2 Å². The van der Waals surface area contributed by atoms with E-state index in [1.807, 2.05) is 12.1 Å². The Hall–Kier alpha value is -1.18. The van der Waals surface area contributed by atoms with Gasteiger partial charge in [-0.3, -0.25) is 0 Å². The van der Waals surface area contributed by atoms with Crippen LogP contribution in [0.15, 0.2) is 12.1 Å². The highest BCUT2D eigenvalue weighted by atomic mass is 16.3. The zero-order valence-corrected chi connectivity index (χ0v) is 14.0. The smallest absolute Gasteiger partial charge is 0.157 e. The fraction of sp³-hybridized carbons (Fsp3) is 0.700. The quantitative estimate of drug-likeness (QED) is 0.727. The number of hydrogen-bond donors (Lipinski definition) is 2. The first-order valence-electron chi connectivity index (χ1n) is 8.84. The second-order valence-electron chi connectivity index (χ2n) is 9.33. The molecule has 0 amide bonds. The normalized spacial score (nSPS) is 36.8. The van der Waals surface area contributed by atoms with E-state index in [1.54, 1.807) is 0 Å². The van der Waals surface area contributed by atoms with Crippen molar-refractivity contribution in [1.82, 2.24) is 0 Å². The van der Waals surface area contributed by atoms with E-state index in [0.29, 0.717) is 0 Å². The van der Waals surface area contributed by atoms with E-state index in [4.69, 9.17) is 0 Å². The minimum Gasteiger partial charge on any atom is -0.504 e. The van der Waals surface area contributed by atoms with Crippen molar-refractivity contribution in [2.75, 3.05) is 0 Å². The molecular formula is C20H28O2. The molecule has 4 saturated carbocycles. The van der Waals surface area contributed by atoms with Gasteiger partial charge in [0.05, 0.1) is 0 Å². The largest absolute Gasteiger partial charge is 0.504 e. The fourth-order valence-corrected chi connectivity index (χ4v) is 6.08. The van der Waals surface area contributed by atoms with Crippen LogP contribution in [0.4, 0.5) is 0 Å². The van der Waals surface area contributed by atoms with Crippen LogP contribution in [0, 0.1) is 17.8 Å². The molecule has 4 aliphatic carbocycles. The summed E-state index contributed by atoms with van der Waals surface area (Å²) in [5.74, 6) is 2.73. The SMILES string of the molecule is CC(C)(C)c1cc(O)c(O)cc1C12CC3CC(CC(C3)C1)C2. The zero-order valence-electron chi connectivity index (χ0n) is 14.0. The van der Waals surface area contributed by atoms with Gasteiger partial charge in [0.2, 0.25) is 0 Å². The molecule has 2 heteroatoms. The molecule has 120 valence electrons. The molecule has 2 N–H and O–H groups in total. The van der Waals surface area contributed by atoms with Crippen molar-refractivity contribution in [3.63, 3.8) is 0 Å². The highest BCUT2D eigenvalue weighted by Gasteiger charge is 2.52. The van der Waals surface area contributed by atoms with Crippen LogP contribution in [0.2, 0.25) is 0 Å². The van der Waals surface area contributed by atoms with E-state index in [9.17, 15) is 10.2 Å². The topological polar surface area (TPSA) is 40.5 Å². The lowest BCUT2D eigenvalue weighted by molar-refractivity contribution is -0.00604. The molecule has 0 heterocycles. The molecule has 2 nitrogen and oxygen atoms in total. The van der Waals surface area contributed by atoms with E-state index < -0.39 is 0 Å². The Labute approximate surface area is 133 Å². The predicted octanol–water partition coefficient (Wildman–Crippen LogP) is 4.86. The van der Waals surface area contributed by atoms with Gasteiger partial charge in [-0.05, 0) is 90.4 Å². The number of hydrogen-bond acceptors (Lipinski definition) is 2. The van der Waals surface area contributed by atoms with E-state index in [1.165, 1.54) is 49.7 Å². The van der Waals surface area contributed by atoms with Crippen LogP contribution < -0.4 is 0 Å². The summed E-state index contributed by atoms with van der Waals surface area (Å²) in [6.45, 7) is 6.63. The number of benzene rings is 1. The van der Waals surface area contributed by atoms with Crippen molar-refractivity contribution in [1.29, 1.82) is 0 Å². The van der Waals surface area contributed by atoms with Gasteiger partial charge in [0.15, 0.2) is 11.5 Å². The molecule has 0 saturated heterocycles. The molecule has 0 unspecified atom stereocenters. The lowest BCUT2D eigenvalue weighted by atomic mass is 9.47. The van der Waals surface area contributed by atoms with Crippen LogP contribution >= 0.6 is 0 Å². The van der Waals surface area contributed by atoms with Crippen molar-refractivity contribution in [2.45, 2.75) is 70.1 Å². The molecule has 4 bridgehead atoms. The summed E-state index contributed by atoms with van der Waals surface area (Å²) in [4.78, 5) is 0. The maximum atomic E-state index is 10.1. The Morgan fingerprint density at radius 2 is 1.32 bits per heavy atom. The van der Waals surface area contributed by atoms with Gasteiger partial charge in [-0.1, -0.05) is 20.8 Å². The maximum Gasteiger partial charge on any atom is 0.157 e. The van der Waals surface area contributed by atoms with Gasteiger partial charge in [0.25, 0.3) is 0 Å². The average molecular weight is 300 g/mol. The van der Waals surface area contributed by atoms with Crippen LogP contribution in [-0.4, -0.2) is 10.2 Å². The highest BCUT2D eigenvalue weighted by Crippen LogP contribution is 2.62. The van der Waals surface area contributed by atoms with Crippen molar-refractivity contribution >= 4 is 0 Å². The summed E-state index contributed by atoms with van der Waals surface area (Å²) in [6, 6.07) is 3.71. The van der Waals surface area contributed by atoms with Gasteiger partial charge >= 0.3 is 0 Å². The van der Waals surface area contributed by atoms with Crippen LogP contribution in [0.3, 0.4) is 0 Å². The predicted molar refractivity (Wildman–Crippen MR) is 88.3 cm³/mol. The molecule has 1 aromatic carbocycles. The summed E-state index contributed by atoms with van der Waals surface area (Å²) in [5, 5.41) is 20.2. The molecule has 0 spiro atoms. The van der Waals surface area contributed by atoms with E-state index in [2.05, 4.69) is 20.8 Å². The summed E-state index contributed by atoms with van der Waals surface area (Å²) in [5.41, 5.74) is 2.80. The zero-order chi connectivity index (χ0) is 15.7. The third-order valence-corrected chi connectivity index (χ3v) is 6.53. The average Bonchev–Trinajstić information content (AvgIpc) is 2.38. The molecule has 1 aromatic rings. The monoisotopic (exact) mass is 300 g/mol. The van der Waals surface area contributed by atoms with Crippen LogP contribution in [0.5, 0.6) is 11.5 Å². The maximum absolute atomic E-state index is 10.1. The van der Waals surface area contributed by atoms with Crippen molar-refractivity contribution in [3.05, 3.63) is 23.3 Å². The fourth-order valence-electron chi connectivity index (χ4n) is 6.08. The molecule has 4 fully saturated rings. The lowest BCUT2D eigenvalue weighted by Gasteiger charge is -2.58. The van der Waals surface area contributed by atoms with Crippen molar-refractivity contribution in [3.8, 4) is 11.5 Å². The van der Waals surface area contributed by atoms with E-state index >= 15 is 0 Å². The highest BCUT2D eigenvalue weighted by molar-refractivity contribution is 5.51. The summed E-state index contributed by atoms with van der Waals surface area (Å²) < 4.78 is 0. The van der Waals surface area contributed by atoms with Gasteiger partial charge in [-0.2, -0.15) is 0 Å². The molecule has 4 aliphatic rings. The van der Waals surface area contributed by atoms with E-state index in [-0.39, 0.29) is 22.3 Å². The minimum absolute atomic E-state index is 0.0101.